The summed E-state index contributed by atoms with van der Waals surface area (Å²) < 4.78 is 2.53. The fourth-order valence-corrected chi connectivity index (χ4v) is 5.01. The van der Waals surface area contributed by atoms with Gasteiger partial charge in [0.1, 0.15) is 6.54 Å². The number of hydrogen-bond acceptors (Lipinski definition) is 1. The van der Waals surface area contributed by atoms with Crippen LogP contribution in [0, 0.1) is 0 Å². The van der Waals surface area contributed by atoms with Crippen LogP contribution in [-0.2, 0) is 16.6 Å². The highest BCUT2D eigenvalue weighted by atomic mass is 16.4. The van der Waals surface area contributed by atoms with Gasteiger partial charge in [0, 0.05) is 30.5 Å². The largest absolute Gasteiger partial charge is 0.481 e. The van der Waals surface area contributed by atoms with Crippen LogP contribution in [-0.4, -0.2) is 27.9 Å². The van der Waals surface area contributed by atoms with Crippen LogP contribution in [0.15, 0.2) is 78.9 Å². The number of hydrogen-bond donors (Lipinski definition) is 1. The minimum atomic E-state index is -0.697. The Morgan fingerprint density at radius 1 is 0.941 bits per heavy atom. The third kappa shape index (κ3) is 6.79. The molecule has 3 nitrogen and oxygen atoms in total. The first kappa shape index (κ1) is 25.7. The van der Waals surface area contributed by atoms with Crippen molar-refractivity contribution in [2.45, 2.75) is 77.0 Å². The summed E-state index contributed by atoms with van der Waals surface area (Å²) >= 11 is 0. The lowest BCUT2D eigenvalue weighted by Gasteiger charge is -2.22. The molecule has 34 heavy (non-hydrogen) atoms. The fourth-order valence-electron chi connectivity index (χ4n) is 5.01. The van der Waals surface area contributed by atoms with Crippen LogP contribution in [0.3, 0.4) is 0 Å². The minimum absolute atomic E-state index is 0.0597. The number of carboxylic acids is 1. The van der Waals surface area contributed by atoms with Crippen LogP contribution >= 0.6 is 0 Å². The number of rotatable bonds is 14. The van der Waals surface area contributed by atoms with Crippen LogP contribution < -0.4 is 0 Å². The van der Waals surface area contributed by atoms with Gasteiger partial charge in [-0.05, 0) is 38.2 Å². The highest BCUT2D eigenvalue weighted by Gasteiger charge is 2.46. The number of para-hydroxylation sites is 1. The van der Waals surface area contributed by atoms with E-state index in [4.69, 9.17) is 5.11 Å². The summed E-state index contributed by atoms with van der Waals surface area (Å²) in [6.45, 7) is 5.66. The lowest BCUT2D eigenvalue weighted by Crippen LogP contribution is -2.31. The molecule has 0 fully saturated rings. The predicted octanol–water partition coefficient (Wildman–Crippen LogP) is 7.62. The maximum absolute atomic E-state index is 10.9. The molecule has 0 aliphatic carbocycles. The van der Waals surface area contributed by atoms with E-state index < -0.39 is 5.97 Å². The Labute approximate surface area is 205 Å². The van der Waals surface area contributed by atoms with Gasteiger partial charge in [0.05, 0.1) is 5.41 Å². The normalized spacial score (nSPS) is 17.7. The van der Waals surface area contributed by atoms with Crippen LogP contribution in [0.5, 0.6) is 0 Å². The van der Waals surface area contributed by atoms with Crippen LogP contribution in [0.25, 0.3) is 0 Å². The van der Waals surface area contributed by atoms with Gasteiger partial charge in [-0.15, -0.1) is 0 Å². The molecule has 2 aromatic rings. The zero-order valence-electron chi connectivity index (χ0n) is 20.9. The van der Waals surface area contributed by atoms with E-state index in [1.165, 1.54) is 41.8 Å². The molecular formula is C31H40NO2+. The fraction of sp³-hybridized carbons (Fsp3) is 0.419. The average Bonchev–Trinajstić information content (AvgIpc) is 3.07. The lowest BCUT2D eigenvalue weighted by atomic mass is 9.75. The quantitative estimate of drug-likeness (QED) is 0.180. The summed E-state index contributed by atoms with van der Waals surface area (Å²) in [5.41, 5.74) is 5.36. The Balaban J connectivity index is 1.82. The lowest BCUT2D eigenvalue weighted by molar-refractivity contribution is -0.438. The molecule has 1 unspecified atom stereocenters. The topological polar surface area (TPSA) is 40.3 Å². The Hall–Kier alpha value is -2.94. The van der Waals surface area contributed by atoms with E-state index in [1.807, 2.05) is 0 Å². The molecule has 1 N–H and O–H groups in total. The number of nitrogens with zero attached hydrogens (tertiary/aromatic N) is 1. The maximum atomic E-state index is 10.9. The van der Waals surface area contributed by atoms with Crippen molar-refractivity contribution < 1.29 is 14.5 Å². The third-order valence-electron chi connectivity index (χ3n) is 6.90. The Morgan fingerprint density at radius 2 is 1.71 bits per heavy atom. The van der Waals surface area contributed by atoms with Crippen molar-refractivity contribution in [3.8, 4) is 0 Å². The first-order valence-electron chi connectivity index (χ1n) is 12.9. The van der Waals surface area contributed by atoms with E-state index in [0.29, 0.717) is 0 Å². The van der Waals surface area contributed by atoms with Gasteiger partial charge in [0.15, 0.2) is 5.71 Å². The molecule has 3 rings (SSSR count). The second-order valence-corrected chi connectivity index (χ2v) is 9.52. The van der Waals surface area contributed by atoms with Crippen molar-refractivity contribution in [2.75, 3.05) is 6.54 Å². The summed E-state index contributed by atoms with van der Waals surface area (Å²) in [5.74, 6) is -0.697. The average molecular weight is 459 g/mol. The van der Waals surface area contributed by atoms with Crippen molar-refractivity contribution in [2.24, 2.45) is 0 Å². The predicted molar refractivity (Wildman–Crippen MR) is 142 cm³/mol. The van der Waals surface area contributed by atoms with E-state index in [1.54, 1.807) is 0 Å². The molecule has 0 saturated heterocycles. The van der Waals surface area contributed by atoms with Crippen LogP contribution in [0.2, 0.25) is 0 Å². The van der Waals surface area contributed by atoms with Gasteiger partial charge >= 0.3 is 5.97 Å². The summed E-state index contributed by atoms with van der Waals surface area (Å²) in [5, 5.41) is 8.97. The van der Waals surface area contributed by atoms with Gasteiger partial charge in [-0.1, -0.05) is 92.9 Å². The third-order valence-corrected chi connectivity index (χ3v) is 6.90. The van der Waals surface area contributed by atoms with E-state index in [0.717, 1.165) is 38.6 Å². The second-order valence-electron chi connectivity index (χ2n) is 9.52. The van der Waals surface area contributed by atoms with Gasteiger partial charge in [-0.25, -0.2) is 0 Å². The second kappa shape index (κ2) is 13.1. The number of benzene rings is 2. The number of unbranched alkanes of at least 4 members (excludes halogenated alkanes) is 4. The molecule has 1 aliphatic rings. The summed E-state index contributed by atoms with van der Waals surface area (Å²) in [7, 11) is 0. The molecule has 0 saturated carbocycles. The summed E-state index contributed by atoms with van der Waals surface area (Å²) in [4.78, 5) is 10.9. The molecular weight excluding hydrogens is 418 g/mol. The molecule has 0 spiro atoms. The Kier molecular flexibility index (Phi) is 9.88. The van der Waals surface area contributed by atoms with Crippen molar-refractivity contribution >= 4 is 17.4 Å². The zero-order chi connectivity index (χ0) is 24.2. The monoisotopic (exact) mass is 458 g/mol. The molecule has 0 radical (unpaired) electrons. The number of allylic oxidation sites excluding steroid dienone is 4. The molecule has 0 amide bonds. The molecule has 0 bridgehead atoms. The highest BCUT2D eigenvalue weighted by Crippen LogP contribution is 2.43. The number of aliphatic carboxylic acids is 1. The Morgan fingerprint density at radius 3 is 2.47 bits per heavy atom. The molecule has 180 valence electrons. The summed E-state index contributed by atoms with van der Waals surface area (Å²) in [6, 6.07) is 19.4. The van der Waals surface area contributed by atoms with Crippen molar-refractivity contribution in [1.82, 2.24) is 0 Å². The summed E-state index contributed by atoms with van der Waals surface area (Å²) in [6.07, 6.45) is 17.5. The van der Waals surface area contributed by atoms with Gasteiger partial charge < -0.3 is 5.11 Å². The highest BCUT2D eigenvalue weighted by molar-refractivity contribution is 6.03. The first-order chi connectivity index (χ1) is 16.6. The molecule has 0 aromatic heterocycles. The van der Waals surface area contributed by atoms with Crippen LogP contribution in [0.4, 0.5) is 5.69 Å². The zero-order valence-corrected chi connectivity index (χ0v) is 20.9. The standard InChI is InChI=1S/C31H39NO2/c1-3-4-16-25-32-28-21-14-13-20-27(28)31(2,24-15-7-12-23-30(33)34)29(32)22-11-6-10-19-26-17-8-5-9-18-26/h5-6,8-11,13-14,17-18,20-22H,3-4,7,12,15-16,19,23-25H2,1-2H3/p+1. The first-order valence-corrected chi connectivity index (χ1v) is 12.9. The van der Waals surface area contributed by atoms with Gasteiger partial charge in [0.2, 0.25) is 5.69 Å². The molecule has 1 aliphatic heterocycles. The van der Waals surface area contributed by atoms with Gasteiger partial charge in [0.25, 0.3) is 0 Å². The van der Waals surface area contributed by atoms with E-state index in [9.17, 15) is 4.79 Å². The number of carboxylic acid groups (broad SMARTS) is 1. The number of fused-ring (bicyclic) bond motifs is 1. The van der Waals surface area contributed by atoms with Gasteiger partial charge in [-0.2, -0.15) is 4.58 Å². The molecule has 3 heteroatoms. The minimum Gasteiger partial charge on any atom is -0.481 e. The van der Waals surface area contributed by atoms with Gasteiger partial charge in [-0.3, -0.25) is 4.79 Å². The Bertz CT molecular complexity index is 1020. The van der Waals surface area contributed by atoms with Crippen LogP contribution in [0.1, 0.15) is 76.3 Å². The van der Waals surface area contributed by atoms with E-state index in [-0.39, 0.29) is 11.8 Å². The SMILES string of the molecule is CCCCC[N+]1=C(C=CC=CCc2ccccc2)C(C)(CCCCCC(=O)O)c2ccccc21. The smallest absolute Gasteiger partial charge is 0.303 e. The van der Waals surface area contributed by atoms with Crippen molar-refractivity contribution in [3.05, 3.63) is 90.0 Å². The van der Waals surface area contributed by atoms with Crippen molar-refractivity contribution in [1.29, 1.82) is 0 Å². The molecule has 1 atom stereocenters. The molecule has 2 aromatic carbocycles. The molecule has 1 heterocycles. The van der Waals surface area contributed by atoms with E-state index >= 15 is 0 Å². The van der Waals surface area contributed by atoms with E-state index in [2.05, 4.69) is 97.3 Å². The maximum Gasteiger partial charge on any atom is 0.303 e. The van der Waals surface area contributed by atoms with Crippen molar-refractivity contribution in [3.63, 3.8) is 0 Å². The number of carbonyl (C=O) groups is 1.